The van der Waals surface area contributed by atoms with Gasteiger partial charge in [0.05, 0.1) is 6.20 Å². The fourth-order valence-corrected chi connectivity index (χ4v) is 2.55. The highest BCUT2D eigenvalue weighted by molar-refractivity contribution is 5.58. The summed E-state index contributed by atoms with van der Waals surface area (Å²) in [6.07, 6.45) is 0.623. The van der Waals surface area contributed by atoms with Crippen LogP contribution < -0.4 is 0 Å². The number of carbonyl (C=O) groups is 1. The lowest BCUT2D eigenvalue weighted by atomic mass is 10.0. The smallest absolute Gasteiger partial charge is 0.435 e. The molecular weight excluding hydrogens is 262 g/mol. The summed E-state index contributed by atoms with van der Waals surface area (Å²) >= 11 is 0. The average Bonchev–Trinajstić information content (AvgIpc) is 2.53. The van der Waals surface area contributed by atoms with E-state index in [4.69, 9.17) is 0 Å². The standard InChI is InChI=1S/C18H19NO2/c1-3-19(18(20)21,14-16-10-6-4-7-11-16)15(2)17-12-8-5-9-13-17/h3-13,15H,1,14H2,2H3/p+1/t15?,19-/m0/s1. The van der Waals surface area contributed by atoms with Crippen molar-refractivity contribution in [3.63, 3.8) is 0 Å². The number of amides is 1. The van der Waals surface area contributed by atoms with Gasteiger partial charge in [0.1, 0.15) is 12.6 Å². The Labute approximate surface area is 125 Å². The first-order valence-corrected chi connectivity index (χ1v) is 6.93. The Bertz CT molecular complexity index is 610. The molecule has 0 spiro atoms. The fourth-order valence-electron chi connectivity index (χ4n) is 2.55. The van der Waals surface area contributed by atoms with Gasteiger partial charge in [0.2, 0.25) is 0 Å². The number of hydrogen-bond acceptors (Lipinski definition) is 1. The van der Waals surface area contributed by atoms with Crippen LogP contribution in [0.4, 0.5) is 4.79 Å². The molecule has 2 aromatic rings. The zero-order valence-electron chi connectivity index (χ0n) is 12.1. The van der Waals surface area contributed by atoms with Gasteiger partial charge >= 0.3 is 6.09 Å². The number of carboxylic acid groups (broad SMARTS) is 1. The van der Waals surface area contributed by atoms with E-state index in [1.807, 2.05) is 67.6 Å². The number of hydrogen-bond donors (Lipinski definition) is 1. The van der Waals surface area contributed by atoms with E-state index in [0.717, 1.165) is 11.1 Å². The van der Waals surface area contributed by atoms with Crippen molar-refractivity contribution in [1.29, 1.82) is 0 Å². The van der Waals surface area contributed by atoms with Crippen molar-refractivity contribution in [1.82, 2.24) is 0 Å². The fraction of sp³-hybridized carbons (Fsp3) is 0.167. The maximum atomic E-state index is 12.0. The van der Waals surface area contributed by atoms with Crippen LogP contribution in [0.1, 0.15) is 24.1 Å². The van der Waals surface area contributed by atoms with Crippen LogP contribution in [0.5, 0.6) is 0 Å². The predicted octanol–water partition coefficient (Wildman–Crippen LogP) is 4.59. The van der Waals surface area contributed by atoms with Crippen molar-refractivity contribution in [2.24, 2.45) is 0 Å². The van der Waals surface area contributed by atoms with E-state index in [-0.39, 0.29) is 10.5 Å². The molecule has 2 atom stereocenters. The summed E-state index contributed by atoms with van der Waals surface area (Å²) in [6.45, 7) is 6.08. The second-order valence-electron chi connectivity index (χ2n) is 5.13. The Morgan fingerprint density at radius 2 is 1.67 bits per heavy atom. The third-order valence-electron chi connectivity index (χ3n) is 3.94. The second kappa shape index (κ2) is 6.37. The molecule has 21 heavy (non-hydrogen) atoms. The van der Waals surface area contributed by atoms with Gasteiger partial charge in [0.15, 0.2) is 0 Å². The molecule has 1 N–H and O–H groups in total. The molecule has 0 saturated heterocycles. The van der Waals surface area contributed by atoms with Crippen molar-refractivity contribution in [3.05, 3.63) is 84.6 Å². The number of quaternary nitrogens is 1. The van der Waals surface area contributed by atoms with Gasteiger partial charge in [0, 0.05) is 11.1 Å². The lowest BCUT2D eigenvalue weighted by molar-refractivity contribution is -0.850. The molecule has 0 aliphatic heterocycles. The Kier molecular flexibility index (Phi) is 4.55. The van der Waals surface area contributed by atoms with E-state index >= 15 is 0 Å². The molecule has 1 amide bonds. The number of nitrogens with zero attached hydrogens (tertiary/aromatic N) is 1. The van der Waals surface area contributed by atoms with Crippen LogP contribution >= 0.6 is 0 Å². The first-order chi connectivity index (χ1) is 10.1. The Morgan fingerprint density at radius 3 is 2.14 bits per heavy atom. The van der Waals surface area contributed by atoms with Gasteiger partial charge in [-0.2, -0.15) is 9.28 Å². The number of rotatable bonds is 5. The van der Waals surface area contributed by atoms with Gasteiger partial charge in [-0.3, -0.25) is 0 Å². The molecule has 1 unspecified atom stereocenters. The molecule has 0 fully saturated rings. The summed E-state index contributed by atoms with van der Waals surface area (Å²) in [5.41, 5.74) is 1.96. The van der Waals surface area contributed by atoms with E-state index < -0.39 is 6.09 Å². The summed E-state index contributed by atoms with van der Waals surface area (Å²) in [7, 11) is 0. The number of benzene rings is 2. The van der Waals surface area contributed by atoms with Gasteiger partial charge in [0.25, 0.3) is 0 Å². The van der Waals surface area contributed by atoms with Crippen LogP contribution in [0.15, 0.2) is 73.4 Å². The predicted molar refractivity (Wildman–Crippen MR) is 83.5 cm³/mol. The topological polar surface area (TPSA) is 37.3 Å². The van der Waals surface area contributed by atoms with Gasteiger partial charge in [-0.15, -0.1) is 0 Å². The zero-order chi connectivity index (χ0) is 15.3. The molecular formula is C18H20NO2+. The Hall–Kier alpha value is -2.39. The molecule has 0 heterocycles. The molecule has 108 valence electrons. The molecule has 0 aliphatic carbocycles. The van der Waals surface area contributed by atoms with Crippen molar-refractivity contribution in [2.75, 3.05) is 0 Å². The van der Waals surface area contributed by atoms with Crippen LogP contribution in [-0.4, -0.2) is 15.7 Å². The molecule has 0 aliphatic rings. The highest BCUT2D eigenvalue weighted by atomic mass is 16.4. The van der Waals surface area contributed by atoms with E-state index in [0.29, 0.717) is 6.54 Å². The lowest BCUT2D eigenvalue weighted by Crippen LogP contribution is -2.48. The van der Waals surface area contributed by atoms with Crippen LogP contribution in [-0.2, 0) is 6.54 Å². The van der Waals surface area contributed by atoms with E-state index in [1.54, 1.807) is 0 Å². The Morgan fingerprint density at radius 1 is 1.14 bits per heavy atom. The Balaban J connectivity index is 2.42. The largest absolute Gasteiger partial charge is 0.519 e. The summed E-state index contributed by atoms with van der Waals surface area (Å²) in [6, 6.07) is 19.1. The van der Waals surface area contributed by atoms with Gasteiger partial charge < -0.3 is 5.11 Å². The van der Waals surface area contributed by atoms with Gasteiger partial charge in [-0.05, 0) is 13.5 Å². The molecule has 2 rings (SSSR count). The average molecular weight is 282 g/mol. The first kappa shape index (κ1) is 15.0. The quantitative estimate of drug-likeness (QED) is 0.815. The third kappa shape index (κ3) is 3.03. The van der Waals surface area contributed by atoms with Crippen molar-refractivity contribution in [3.8, 4) is 0 Å². The van der Waals surface area contributed by atoms with Crippen LogP contribution in [0.25, 0.3) is 0 Å². The van der Waals surface area contributed by atoms with Crippen LogP contribution in [0, 0.1) is 0 Å². The summed E-state index contributed by atoms with van der Waals surface area (Å²) in [5, 5.41) is 9.82. The molecule has 2 aromatic carbocycles. The van der Waals surface area contributed by atoms with E-state index in [1.165, 1.54) is 6.20 Å². The molecule has 0 radical (unpaired) electrons. The molecule has 3 nitrogen and oxygen atoms in total. The summed E-state index contributed by atoms with van der Waals surface area (Å²) in [4.78, 5) is 12.0. The van der Waals surface area contributed by atoms with E-state index in [9.17, 15) is 9.90 Å². The molecule has 0 aromatic heterocycles. The maximum Gasteiger partial charge on any atom is 0.519 e. The van der Waals surface area contributed by atoms with Crippen molar-refractivity contribution in [2.45, 2.75) is 19.5 Å². The minimum Gasteiger partial charge on any atom is -0.435 e. The SMILES string of the molecule is C=C[N@@+](Cc1ccccc1)(C(=O)O)C(C)c1ccccc1. The molecule has 0 bridgehead atoms. The monoisotopic (exact) mass is 282 g/mol. The van der Waals surface area contributed by atoms with Crippen molar-refractivity contribution < 1.29 is 14.4 Å². The summed E-state index contributed by atoms with van der Waals surface area (Å²) in [5.74, 6) is 0. The highest BCUT2D eigenvalue weighted by Gasteiger charge is 2.41. The van der Waals surface area contributed by atoms with E-state index in [2.05, 4.69) is 6.58 Å². The molecule has 3 heteroatoms. The minimum atomic E-state index is -0.898. The maximum absolute atomic E-state index is 12.0. The van der Waals surface area contributed by atoms with Gasteiger partial charge in [-0.25, -0.2) is 0 Å². The zero-order valence-corrected chi connectivity index (χ0v) is 12.1. The molecule has 0 saturated carbocycles. The summed E-state index contributed by atoms with van der Waals surface area (Å²) < 4.78 is -0.228. The van der Waals surface area contributed by atoms with Crippen LogP contribution in [0.2, 0.25) is 0 Å². The minimum absolute atomic E-state index is 0.221. The highest BCUT2D eigenvalue weighted by Crippen LogP contribution is 2.32. The first-order valence-electron chi connectivity index (χ1n) is 6.93. The van der Waals surface area contributed by atoms with Crippen LogP contribution in [0.3, 0.4) is 0 Å². The van der Waals surface area contributed by atoms with Crippen molar-refractivity contribution >= 4 is 6.09 Å². The third-order valence-corrected chi connectivity index (χ3v) is 3.94. The normalized spacial score (nSPS) is 14.9. The lowest BCUT2D eigenvalue weighted by Gasteiger charge is -2.34. The van der Waals surface area contributed by atoms with Gasteiger partial charge in [-0.1, -0.05) is 60.7 Å². The second-order valence-corrected chi connectivity index (χ2v) is 5.13.